The molecule has 0 aliphatic carbocycles. The number of carbonyl (C=O) groups is 1. The van der Waals surface area contributed by atoms with Gasteiger partial charge in [-0.05, 0) is 55.3 Å². The molecular formula is C22H30N2O2S. The number of thiophene rings is 1. The van der Waals surface area contributed by atoms with E-state index in [4.69, 9.17) is 4.74 Å². The summed E-state index contributed by atoms with van der Waals surface area (Å²) in [5.74, 6) is 2.06. The Morgan fingerprint density at radius 2 is 2.15 bits per heavy atom. The zero-order chi connectivity index (χ0) is 19.1. The lowest BCUT2D eigenvalue weighted by Gasteiger charge is -2.30. The van der Waals surface area contributed by atoms with E-state index in [0.29, 0.717) is 31.3 Å². The first-order chi connectivity index (χ1) is 13.2. The summed E-state index contributed by atoms with van der Waals surface area (Å²) in [5.41, 5.74) is 1.05. The maximum Gasteiger partial charge on any atom is 0.223 e. The normalized spacial score (nSPS) is 18.1. The van der Waals surface area contributed by atoms with Crippen molar-refractivity contribution in [3.63, 3.8) is 0 Å². The maximum absolute atomic E-state index is 13.2. The molecule has 0 saturated carbocycles. The largest absolute Gasteiger partial charge is 0.496 e. The molecule has 0 bridgehead atoms. The van der Waals surface area contributed by atoms with Gasteiger partial charge in [0.25, 0.3) is 0 Å². The number of hydrogen-bond donors (Lipinski definition) is 1. The second-order valence-corrected chi connectivity index (χ2v) is 8.46. The molecule has 1 amide bonds. The van der Waals surface area contributed by atoms with Crippen molar-refractivity contribution in [2.24, 2.45) is 11.8 Å². The molecular weight excluding hydrogens is 356 g/mol. The van der Waals surface area contributed by atoms with E-state index in [0.717, 1.165) is 24.4 Å². The Labute approximate surface area is 166 Å². The summed E-state index contributed by atoms with van der Waals surface area (Å²) >= 11 is 1.70. The highest BCUT2D eigenvalue weighted by atomic mass is 32.1. The first-order valence-corrected chi connectivity index (χ1v) is 10.7. The second-order valence-electron chi connectivity index (χ2n) is 7.43. The molecule has 1 aliphatic rings. The fraction of sp³-hybridized carbons (Fsp3) is 0.500. The Morgan fingerprint density at radius 3 is 2.85 bits per heavy atom. The van der Waals surface area contributed by atoms with Gasteiger partial charge >= 0.3 is 0 Å². The average Bonchev–Trinajstić information content (AvgIpc) is 3.21. The van der Waals surface area contributed by atoms with Crippen LogP contribution in [0.15, 0.2) is 41.8 Å². The van der Waals surface area contributed by atoms with Crippen molar-refractivity contribution in [1.82, 2.24) is 10.2 Å². The molecule has 1 saturated heterocycles. The van der Waals surface area contributed by atoms with Crippen molar-refractivity contribution in [2.75, 3.05) is 20.2 Å². The van der Waals surface area contributed by atoms with Crippen molar-refractivity contribution in [1.29, 1.82) is 0 Å². The number of rotatable bonds is 8. The smallest absolute Gasteiger partial charge is 0.223 e. The molecule has 1 aromatic heterocycles. The van der Waals surface area contributed by atoms with Crippen LogP contribution in [0.5, 0.6) is 5.75 Å². The number of hydrogen-bond acceptors (Lipinski definition) is 4. The first-order valence-electron chi connectivity index (χ1n) is 9.80. The third-order valence-corrected chi connectivity index (χ3v) is 6.33. The molecule has 1 N–H and O–H groups in total. The molecule has 4 nitrogen and oxygen atoms in total. The van der Waals surface area contributed by atoms with Crippen molar-refractivity contribution < 1.29 is 9.53 Å². The van der Waals surface area contributed by atoms with E-state index < -0.39 is 0 Å². The highest BCUT2D eigenvalue weighted by molar-refractivity contribution is 7.09. The van der Waals surface area contributed by atoms with Crippen molar-refractivity contribution in [3.05, 3.63) is 52.2 Å². The highest BCUT2D eigenvalue weighted by Gasteiger charge is 2.25. The number of para-hydroxylation sites is 1. The molecule has 1 aromatic carbocycles. The van der Waals surface area contributed by atoms with Gasteiger partial charge in [0.15, 0.2) is 0 Å². The van der Waals surface area contributed by atoms with Crippen LogP contribution in [-0.4, -0.2) is 31.0 Å². The third-order valence-electron chi connectivity index (χ3n) is 5.47. The number of benzene rings is 1. The van der Waals surface area contributed by atoms with Crippen molar-refractivity contribution in [2.45, 2.75) is 39.3 Å². The van der Waals surface area contributed by atoms with E-state index in [-0.39, 0.29) is 5.91 Å². The Hall–Kier alpha value is -1.85. The minimum atomic E-state index is 0.229. The molecule has 1 aliphatic heterocycles. The van der Waals surface area contributed by atoms with Gasteiger partial charge in [0.2, 0.25) is 5.91 Å². The van der Waals surface area contributed by atoms with E-state index in [1.54, 1.807) is 18.4 Å². The van der Waals surface area contributed by atoms with Crippen LogP contribution in [0, 0.1) is 11.8 Å². The number of amides is 1. The van der Waals surface area contributed by atoms with Gasteiger partial charge < -0.3 is 15.0 Å². The number of nitrogens with zero attached hydrogens (tertiary/aromatic N) is 1. The Balaban J connectivity index is 1.71. The predicted octanol–water partition coefficient (Wildman–Crippen LogP) is 4.31. The number of carbonyl (C=O) groups excluding carboxylic acids is 1. The van der Waals surface area contributed by atoms with Gasteiger partial charge in [-0.3, -0.25) is 4.79 Å². The molecule has 2 atom stereocenters. The summed E-state index contributed by atoms with van der Waals surface area (Å²) in [6, 6.07) is 12.1. The maximum atomic E-state index is 13.2. The zero-order valence-electron chi connectivity index (χ0n) is 16.3. The second kappa shape index (κ2) is 9.90. The number of piperidine rings is 1. The monoisotopic (exact) mass is 386 g/mol. The van der Waals surface area contributed by atoms with Crippen LogP contribution >= 0.6 is 11.3 Å². The Bertz CT molecular complexity index is 711. The Morgan fingerprint density at radius 1 is 1.30 bits per heavy atom. The number of ether oxygens (including phenoxy) is 1. The standard InChI is InChI=1S/C22H30N2O2S/c1-17(18-8-5-11-23-14-18)13-22(25)24(16-20-9-6-12-27-20)15-19-7-3-4-10-21(19)26-2/h3-4,6-7,9-10,12,17-18,23H,5,8,11,13-16H2,1-2H3. The predicted molar refractivity (Wildman–Crippen MR) is 111 cm³/mol. The summed E-state index contributed by atoms with van der Waals surface area (Å²) in [4.78, 5) is 16.4. The van der Waals surface area contributed by atoms with E-state index in [1.807, 2.05) is 35.2 Å². The number of methoxy groups -OCH3 is 1. The van der Waals surface area contributed by atoms with Crippen LogP contribution < -0.4 is 10.1 Å². The molecule has 2 unspecified atom stereocenters. The van der Waals surface area contributed by atoms with Gasteiger partial charge in [-0.25, -0.2) is 0 Å². The molecule has 1 fully saturated rings. The Kier molecular flexibility index (Phi) is 7.30. The lowest BCUT2D eigenvalue weighted by molar-refractivity contribution is -0.133. The third kappa shape index (κ3) is 5.56. The van der Waals surface area contributed by atoms with E-state index in [9.17, 15) is 4.79 Å². The van der Waals surface area contributed by atoms with Crippen molar-refractivity contribution in [3.8, 4) is 5.75 Å². The van der Waals surface area contributed by atoms with Crippen LogP contribution in [0.2, 0.25) is 0 Å². The first kappa shape index (κ1) is 19.9. The molecule has 2 aromatic rings. The van der Waals surface area contributed by atoms with E-state index in [2.05, 4.69) is 23.7 Å². The van der Waals surface area contributed by atoms with Crippen LogP contribution in [0.25, 0.3) is 0 Å². The molecule has 2 heterocycles. The summed E-state index contributed by atoms with van der Waals surface area (Å²) in [5, 5.41) is 5.54. The van der Waals surface area contributed by atoms with Crippen LogP contribution in [0.4, 0.5) is 0 Å². The molecule has 3 rings (SSSR count). The summed E-state index contributed by atoms with van der Waals surface area (Å²) in [6.45, 7) is 5.60. The molecule has 27 heavy (non-hydrogen) atoms. The fourth-order valence-electron chi connectivity index (χ4n) is 3.80. The average molecular weight is 387 g/mol. The van der Waals surface area contributed by atoms with Crippen LogP contribution in [0.3, 0.4) is 0 Å². The topological polar surface area (TPSA) is 41.6 Å². The fourth-order valence-corrected chi connectivity index (χ4v) is 4.52. The quantitative estimate of drug-likeness (QED) is 0.735. The zero-order valence-corrected chi connectivity index (χ0v) is 17.1. The van der Waals surface area contributed by atoms with Gasteiger partial charge in [-0.1, -0.05) is 31.2 Å². The minimum Gasteiger partial charge on any atom is -0.496 e. The van der Waals surface area contributed by atoms with Gasteiger partial charge in [0.05, 0.1) is 13.7 Å². The lowest BCUT2D eigenvalue weighted by atomic mass is 9.85. The highest BCUT2D eigenvalue weighted by Crippen LogP contribution is 2.26. The van der Waals surface area contributed by atoms with Gasteiger partial charge in [-0.2, -0.15) is 0 Å². The van der Waals surface area contributed by atoms with Gasteiger partial charge in [0.1, 0.15) is 5.75 Å². The molecule has 0 radical (unpaired) electrons. The summed E-state index contributed by atoms with van der Waals surface area (Å²) < 4.78 is 5.49. The lowest BCUT2D eigenvalue weighted by Crippen LogP contribution is -2.36. The van der Waals surface area contributed by atoms with Crippen LogP contribution in [0.1, 0.15) is 36.6 Å². The molecule has 146 valence electrons. The summed E-state index contributed by atoms with van der Waals surface area (Å²) in [6.07, 6.45) is 3.04. The molecule has 5 heteroatoms. The number of nitrogens with one attached hydrogen (secondary N) is 1. The van der Waals surface area contributed by atoms with Crippen LogP contribution in [-0.2, 0) is 17.9 Å². The summed E-state index contributed by atoms with van der Waals surface area (Å²) in [7, 11) is 1.68. The van der Waals surface area contributed by atoms with E-state index >= 15 is 0 Å². The molecule has 0 spiro atoms. The van der Waals surface area contributed by atoms with Gasteiger partial charge in [0, 0.05) is 23.4 Å². The van der Waals surface area contributed by atoms with Gasteiger partial charge in [-0.15, -0.1) is 11.3 Å². The van der Waals surface area contributed by atoms with E-state index in [1.165, 1.54) is 17.7 Å². The van der Waals surface area contributed by atoms with Crippen molar-refractivity contribution >= 4 is 17.2 Å². The minimum absolute atomic E-state index is 0.229. The SMILES string of the molecule is COc1ccccc1CN(Cc1cccs1)C(=O)CC(C)C1CCCNC1.